The normalized spacial score (nSPS) is 11.2. The number of hydrazone groups is 1. The van der Waals surface area contributed by atoms with Crippen molar-refractivity contribution in [2.45, 2.75) is 0 Å². The molecule has 4 aromatic rings. The molecule has 0 bridgehead atoms. The molecule has 0 aliphatic heterocycles. The average molecular weight is 356 g/mol. The number of halogens is 1. The molecule has 25 heavy (non-hydrogen) atoms. The summed E-state index contributed by atoms with van der Waals surface area (Å²) in [5.74, 6) is 1.32. The summed E-state index contributed by atoms with van der Waals surface area (Å²) in [6, 6.07) is 10.7. The summed E-state index contributed by atoms with van der Waals surface area (Å²) in [5, 5.41) is 15.2. The number of nitrogens with one attached hydrogen (secondary N) is 2. The van der Waals surface area contributed by atoms with E-state index in [1.165, 1.54) is 6.21 Å². The van der Waals surface area contributed by atoms with Crippen LogP contribution in [0.5, 0.6) is 0 Å². The lowest BCUT2D eigenvalue weighted by atomic mass is 10.3. The van der Waals surface area contributed by atoms with Crippen LogP contribution in [0.25, 0.3) is 11.3 Å². The van der Waals surface area contributed by atoms with Gasteiger partial charge >= 0.3 is 0 Å². The van der Waals surface area contributed by atoms with Gasteiger partial charge in [0.05, 0.1) is 12.5 Å². The van der Waals surface area contributed by atoms with Crippen LogP contribution in [-0.2, 0) is 0 Å². The van der Waals surface area contributed by atoms with Crippen LogP contribution < -0.4 is 10.7 Å². The van der Waals surface area contributed by atoms with Gasteiger partial charge in [0.15, 0.2) is 11.6 Å². The molecule has 2 N–H and O–H groups in total. The van der Waals surface area contributed by atoms with Crippen LogP contribution in [-0.4, -0.2) is 26.5 Å². The van der Waals surface area contributed by atoms with Gasteiger partial charge in [-0.1, -0.05) is 17.7 Å². The molecule has 0 radical (unpaired) electrons. The van der Waals surface area contributed by atoms with E-state index in [9.17, 15) is 0 Å². The third kappa shape index (κ3) is 3.40. The summed E-state index contributed by atoms with van der Waals surface area (Å²) in [5.41, 5.74) is 4.06. The smallest absolute Gasteiger partial charge is 0.245 e. The fourth-order valence-corrected chi connectivity index (χ4v) is 2.22. The van der Waals surface area contributed by atoms with E-state index in [0.717, 1.165) is 5.69 Å². The second-order valence-electron chi connectivity index (χ2n) is 4.85. The highest BCUT2D eigenvalue weighted by Gasteiger charge is 2.12. The molecule has 0 amide bonds. The van der Waals surface area contributed by atoms with E-state index < -0.39 is 0 Å². The Balaban J connectivity index is 1.65. The van der Waals surface area contributed by atoms with Gasteiger partial charge in [0.25, 0.3) is 0 Å². The summed E-state index contributed by atoms with van der Waals surface area (Å²) >= 11 is 6.01. The number of nitrogens with zero attached hydrogens (tertiary/aromatic N) is 5. The van der Waals surface area contributed by atoms with E-state index in [4.69, 9.17) is 16.0 Å². The molecule has 4 rings (SSSR count). The molecular formula is C15H10ClN7O2. The zero-order chi connectivity index (χ0) is 17.1. The quantitative estimate of drug-likeness (QED) is 0.413. The summed E-state index contributed by atoms with van der Waals surface area (Å²) < 4.78 is 9.83. The number of fused-ring (bicyclic) bond motifs is 1. The Bertz CT molecular complexity index is 1030. The van der Waals surface area contributed by atoms with Crippen molar-refractivity contribution in [2.24, 2.45) is 5.10 Å². The zero-order valence-electron chi connectivity index (χ0n) is 12.5. The molecule has 10 heteroatoms. The van der Waals surface area contributed by atoms with E-state index >= 15 is 0 Å². The van der Waals surface area contributed by atoms with Crippen LogP contribution in [0.1, 0.15) is 5.76 Å². The maximum Gasteiger partial charge on any atom is 0.245 e. The molecular weight excluding hydrogens is 346 g/mol. The third-order valence-corrected chi connectivity index (χ3v) is 3.34. The minimum Gasteiger partial charge on any atom is -0.463 e. The average Bonchev–Trinajstić information content (AvgIpc) is 3.26. The van der Waals surface area contributed by atoms with Crippen molar-refractivity contribution in [3.63, 3.8) is 0 Å². The van der Waals surface area contributed by atoms with Crippen LogP contribution >= 0.6 is 11.6 Å². The number of aromatic nitrogens is 4. The first-order valence-electron chi connectivity index (χ1n) is 7.13. The Morgan fingerprint density at radius 3 is 2.64 bits per heavy atom. The number of anilines is 3. The maximum absolute atomic E-state index is 6.01. The van der Waals surface area contributed by atoms with Crippen molar-refractivity contribution in [1.29, 1.82) is 0 Å². The first kappa shape index (κ1) is 15.1. The minimum atomic E-state index is 0.257. The van der Waals surface area contributed by atoms with Crippen molar-refractivity contribution >= 4 is 46.4 Å². The minimum absolute atomic E-state index is 0.257. The van der Waals surface area contributed by atoms with Gasteiger partial charge < -0.3 is 9.73 Å². The molecule has 0 saturated heterocycles. The molecule has 0 atom stereocenters. The number of rotatable bonds is 5. The second-order valence-corrected chi connectivity index (χ2v) is 5.29. The summed E-state index contributed by atoms with van der Waals surface area (Å²) in [6.07, 6.45) is 3.07. The first-order chi connectivity index (χ1) is 12.3. The van der Waals surface area contributed by atoms with Gasteiger partial charge in [0.2, 0.25) is 11.3 Å². The van der Waals surface area contributed by atoms with Crippen molar-refractivity contribution in [2.75, 3.05) is 10.7 Å². The Labute approximate surface area is 145 Å². The van der Waals surface area contributed by atoms with E-state index in [1.54, 1.807) is 30.5 Å². The zero-order valence-corrected chi connectivity index (χ0v) is 13.3. The molecule has 0 unspecified atom stereocenters. The SMILES string of the molecule is Clc1cccc(Nc2nc3nonc3nc2N/N=C/c2ccco2)c1. The highest BCUT2D eigenvalue weighted by atomic mass is 35.5. The van der Waals surface area contributed by atoms with Gasteiger partial charge in [0.1, 0.15) is 5.76 Å². The van der Waals surface area contributed by atoms with Crippen LogP contribution in [0.15, 0.2) is 56.8 Å². The third-order valence-electron chi connectivity index (χ3n) is 3.11. The van der Waals surface area contributed by atoms with Gasteiger partial charge in [-0.2, -0.15) is 10.1 Å². The highest BCUT2D eigenvalue weighted by Crippen LogP contribution is 2.25. The Morgan fingerprint density at radius 1 is 1.04 bits per heavy atom. The van der Waals surface area contributed by atoms with E-state index in [0.29, 0.717) is 22.4 Å². The second kappa shape index (κ2) is 6.57. The predicted molar refractivity (Wildman–Crippen MR) is 92.1 cm³/mol. The van der Waals surface area contributed by atoms with Crippen molar-refractivity contribution < 1.29 is 9.05 Å². The lowest BCUT2D eigenvalue weighted by molar-refractivity contribution is 0.314. The lowest BCUT2D eigenvalue weighted by Crippen LogP contribution is -2.03. The predicted octanol–water partition coefficient (Wildman–Crippen LogP) is 3.45. The molecule has 0 fully saturated rings. The standard InChI is InChI=1S/C15H10ClN7O2/c16-9-3-1-4-10(7-9)18-12-13(20-15-14(19-12)22-25-23-15)21-17-8-11-5-2-6-24-11/h1-8H,(H,18,19,22)(H,20,21,23)/b17-8+. The Kier molecular flexibility index (Phi) is 3.97. The van der Waals surface area contributed by atoms with Gasteiger partial charge in [-0.05, 0) is 40.6 Å². The van der Waals surface area contributed by atoms with E-state index in [-0.39, 0.29) is 11.3 Å². The fourth-order valence-electron chi connectivity index (χ4n) is 2.03. The van der Waals surface area contributed by atoms with Gasteiger partial charge in [0, 0.05) is 10.7 Å². The lowest BCUT2D eigenvalue weighted by Gasteiger charge is -2.09. The molecule has 3 heterocycles. The van der Waals surface area contributed by atoms with Crippen LogP contribution in [0, 0.1) is 0 Å². The Hall–Kier alpha value is -3.46. The monoisotopic (exact) mass is 355 g/mol. The van der Waals surface area contributed by atoms with Gasteiger partial charge in [-0.25, -0.2) is 9.61 Å². The summed E-state index contributed by atoms with van der Waals surface area (Å²) in [4.78, 5) is 8.62. The molecule has 9 nitrogen and oxygen atoms in total. The summed E-state index contributed by atoms with van der Waals surface area (Å²) in [6.45, 7) is 0. The van der Waals surface area contributed by atoms with Gasteiger partial charge in [-0.15, -0.1) is 0 Å². The van der Waals surface area contributed by atoms with E-state index in [1.807, 2.05) is 12.1 Å². The first-order valence-corrected chi connectivity index (χ1v) is 7.51. The van der Waals surface area contributed by atoms with Crippen molar-refractivity contribution in [1.82, 2.24) is 20.3 Å². The van der Waals surface area contributed by atoms with Crippen molar-refractivity contribution in [3.05, 3.63) is 53.4 Å². The van der Waals surface area contributed by atoms with Gasteiger partial charge in [-0.3, -0.25) is 5.43 Å². The number of hydrogen-bond donors (Lipinski definition) is 2. The highest BCUT2D eigenvalue weighted by molar-refractivity contribution is 6.30. The number of hydrogen-bond acceptors (Lipinski definition) is 9. The topological polar surface area (TPSA) is 114 Å². The molecule has 0 aliphatic carbocycles. The Morgan fingerprint density at radius 2 is 1.88 bits per heavy atom. The summed E-state index contributed by atoms with van der Waals surface area (Å²) in [7, 11) is 0. The number of furan rings is 1. The fraction of sp³-hybridized carbons (Fsp3) is 0. The van der Waals surface area contributed by atoms with Crippen molar-refractivity contribution in [3.8, 4) is 0 Å². The van der Waals surface area contributed by atoms with Crippen LogP contribution in [0.3, 0.4) is 0 Å². The molecule has 1 aromatic carbocycles. The largest absolute Gasteiger partial charge is 0.463 e. The molecule has 124 valence electrons. The molecule has 0 spiro atoms. The molecule has 3 aromatic heterocycles. The number of benzene rings is 1. The van der Waals surface area contributed by atoms with Crippen LogP contribution in [0.4, 0.5) is 17.3 Å². The molecule has 0 saturated carbocycles. The van der Waals surface area contributed by atoms with Crippen LogP contribution in [0.2, 0.25) is 5.02 Å². The maximum atomic E-state index is 6.01. The van der Waals surface area contributed by atoms with E-state index in [2.05, 4.69) is 40.8 Å². The molecule has 0 aliphatic rings.